The molecule has 2 aliphatic heterocycles. The summed E-state index contributed by atoms with van der Waals surface area (Å²) in [6.07, 6.45) is 1.37. The van der Waals surface area contributed by atoms with Crippen LogP contribution < -0.4 is 5.32 Å². The average molecular weight is 405 g/mol. The van der Waals surface area contributed by atoms with Gasteiger partial charge in [-0.1, -0.05) is 0 Å². The van der Waals surface area contributed by atoms with Gasteiger partial charge in [-0.15, -0.1) is 0 Å². The van der Waals surface area contributed by atoms with Gasteiger partial charge in [-0.25, -0.2) is 0 Å². The topological polar surface area (TPSA) is 130 Å². The summed E-state index contributed by atoms with van der Waals surface area (Å²) in [5, 5.41) is 31.6. The van der Waals surface area contributed by atoms with Gasteiger partial charge in [0.25, 0.3) is 5.91 Å². The summed E-state index contributed by atoms with van der Waals surface area (Å²) >= 11 is 0. The number of rotatable bonds is 4. The van der Waals surface area contributed by atoms with Crippen LogP contribution in [-0.2, 0) is 9.59 Å². The highest BCUT2D eigenvalue weighted by molar-refractivity contribution is 5.95. The second-order valence-electron chi connectivity index (χ2n) is 7.98. The molecule has 0 aliphatic carbocycles. The van der Waals surface area contributed by atoms with Gasteiger partial charge in [-0.05, 0) is 38.8 Å². The standard InChI is InChI=1S/C20H27N3O6/c1-11(2)23-10-13(9-17(23)26)19(28)21-14-3-5-22(6-4-14)20(29)12-7-15(24)18(27)16(25)8-12/h7-8,11,13-14,24-25,27H,3-6,9-10H2,1-2H3,(H,21,28). The number of phenolic OH excluding ortho intramolecular Hbond substituents is 3. The normalized spacial score (nSPS) is 20.4. The molecule has 158 valence electrons. The average Bonchev–Trinajstić information content (AvgIpc) is 3.08. The van der Waals surface area contributed by atoms with Crippen LogP contribution in [0.3, 0.4) is 0 Å². The number of amides is 3. The second-order valence-corrected chi connectivity index (χ2v) is 7.98. The molecule has 2 heterocycles. The Hall–Kier alpha value is -2.97. The van der Waals surface area contributed by atoms with Crippen molar-refractivity contribution >= 4 is 17.7 Å². The molecule has 4 N–H and O–H groups in total. The van der Waals surface area contributed by atoms with E-state index in [1.807, 2.05) is 13.8 Å². The van der Waals surface area contributed by atoms with Gasteiger partial charge in [0.1, 0.15) is 0 Å². The van der Waals surface area contributed by atoms with Gasteiger partial charge in [-0.2, -0.15) is 0 Å². The van der Waals surface area contributed by atoms with E-state index in [-0.39, 0.29) is 47.7 Å². The smallest absolute Gasteiger partial charge is 0.254 e. The molecule has 0 spiro atoms. The molecule has 0 saturated carbocycles. The van der Waals surface area contributed by atoms with Crippen LogP contribution in [0.1, 0.15) is 43.5 Å². The molecule has 1 unspecified atom stereocenters. The van der Waals surface area contributed by atoms with Crippen molar-refractivity contribution < 1.29 is 29.7 Å². The predicted molar refractivity (Wildman–Crippen MR) is 103 cm³/mol. The van der Waals surface area contributed by atoms with Crippen LogP contribution >= 0.6 is 0 Å². The first kappa shape index (κ1) is 20.8. The van der Waals surface area contributed by atoms with E-state index >= 15 is 0 Å². The fourth-order valence-corrected chi connectivity index (χ4v) is 3.86. The highest BCUT2D eigenvalue weighted by Crippen LogP contribution is 2.35. The van der Waals surface area contributed by atoms with Gasteiger partial charge >= 0.3 is 0 Å². The summed E-state index contributed by atoms with van der Waals surface area (Å²) in [5.74, 6) is -2.61. The summed E-state index contributed by atoms with van der Waals surface area (Å²) in [6, 6.07) is 2.23. The van der Waals surface area contributed by atoms with Crippen molar-refractivity contribution in [2.45, 2.75) is 45.2 Å². The number of nitrogens with zero attached hydrogens (tertiary/aromatic N) is 2. The number of piperidine rings is 1. The molecule has 0 radical (unpaired) electrons. The van der Waals surface area contributed by atoms with Gasteiger partial charge in [0, 0.05) is 43.7 Å². The monoisotopic (exact) mass is 405 g/mol. The lowest BCUT2D eigenvalue weighted by atomic mass is 10.0. The third kappa shape index (κ3) is 4.38. The van der Waals surface area contributed by atoms with Crippen molar-refractivity contribution in [3.8, 4) is 17.2 Å². The van der Waals surface area contributed by atoms with Gasteiger partial charge < -0.3 is 30.4 Å². The van der Waals surface area contributed by atoms with Crippen LogP contribution in [0.5, 0.6) is 17.2 Å². The maximum Gasteiger partial charge on any atom is 0.254 e. The van der Waals surface area contributed by atoms with Gasteiger partial charge in [-0.3, -0.25) is 14.4 Å². The van der Waals surface area contributed by atoms with Crippen molar-refractivity contribution in [3.05, 3.63) is 17.7 Å². The Bertz CT molecular complexity index is 793. The van der Waals surface area contributed by atoms with Crippen LogP contribution in [0.4, 0.5) is 0 Å². The Morgan fingerprint density at radius 1 is 1.10 bits per heavy atom. The van der Waals surface area contributed by atoms with Gasteiger partial charge in [0.2, 0.25) is 11.8 Å². The molecule has 1 atom stereocenters. The van der Waals surface area contributed by atoms with E-state index < -0.39 is 17.2 Å². The number of benzene rings is 1. The highest BCUT2D eigenvalue weighted by Gasteiger charge is 2.36. The minimum atomic E-state index is -0.663. The SMILES string of the molecule is CC(C)N1CC(C(=O)NC2CCN(C(=O)c3cc(O)c(O)c(O)c3)CC2)CC1=O. The first-order chi connectivity index (χ1) is 13.7. The molecule has 2 fully saturated rings. The molecule has 2 saturated heterocycles. The molecular weight excluding hydrogens is 378 g/mol. The molecule has 0 aromatic heterocycles. The Morgan fingerprint density at radius 2 is 1.69 bits per heavy atom. The van der Waals surface area contributed by atoms with Gasteiger partial charge in [0.15, 0.2) is 17.2 Å². The van der Waals surface area contributed by atoms with Crippen molar-refractivity contribution in [2.24, 2.45) is 5.92 Å². The summed E-state index contributed by atoms with van der Waals surface area (Å²) < 4.78 is 0. The molecule has 2 aliphatic rings. The van der Waals surface area contributed by atoms with E-state index in [0.29, 0.717) is 32.5 Å². The zero-order valence-electron chi connectivity index (χ0n) is 16.6. The van der Waals surface area contributed by atoms with E-state index in [1.165, 1.54) is 0 Å². The summed E-state index contributed by atoms with van der Waals surface area (Å²) in [4.78, 5) is 40.4. The Balaban J connectivity index is 1.52. The first-order valence-corrected chi connectivity index (χ1v) is 9.81. The lowest BCUT2D eigenvalue weighted by Crippen LogP contribution is -2.48. The zero-order chi connectivity index (χ0) is 21.3. The number of nitrogens with one attached hydrogen (secondary N) is 1. The van der Waals surface area contributed by atoms with Crippen molar-refractivity contribution in [1.29, 1.82) is 0 Å². The summed E-state index contributed by atoms with van der Waals surface area (Å²) in [5.41, 5.74) is 0.0820. The van der Waals surface area contributed by atoms with E-state index in [1.54, 1.807) is 9.80 Å². The molecule has 1 aromatic rings. The van der Waals surface area contributed by atoms with Gasteiger partial charge in [0.05, 0.1) is 5.92 Å². The summed E-state index contributed by atoms with van der Waals surface area (Å²) in [6.45, 7) is 5.12. The maximum atomic E-state index is 12.6. The molecule has 3 rings (SSSR count). The first-order valence-electron chi connectivity index (χ1n) is 9.81. The Morgan fingerprint density at radius 3 is 2.21 bits per heavy atom. The maximum absolute atomic E-state index is 12.6. The molecule has 1 aromatic carbocycles. The highest BCUT2D eigenvalue weighted by atomic mass is 16.3. The molecular formula is C20H27N3O6. The van der Waals surface area contributed by atoms with E-state index in [0.717, 1.165) is 12.1 Å². The zero-order valence-corrected chi connectivity index (χ0v) is 16.6. The number of hydrogen-bond acceptors (Lipinski definition) is 6. The number of phenols is 3. The summed E-state index contributed by atoms with van der Waals surface area (Å²) in [7, 11) is 0. The van der Waals surface area contributed by atoms with Crippen LogP contribution in [0.2, 0.25) is 0 Å². The third-order valence-electron chi connectivity index (χ3n) is 5.60. The predicted octanol–water partition coefficient (Wildman–Crippen LogP) is 0.781. The molecule has 29 heavy (non-hydrogen) atoms. The lowest BCUT2D eigenvalue weighted by molar-refractivity contribution is -0.130. The number of hydrogen-bond donors (Lipinski definition) is 4. The van der Waals surface area contributed by atoms with Crippen molar-refractivity contribution in [2.75, 3.05) is 19.6 Å². The van der Waals surface area contributed by atoms with Crippen LogP contribution in [-0.4, -0.2) is 74.6 Å². The lowest BCUT2D eigenvalue weighted by Gasteiger charge is -2.33. The second kappa shape index (κ2) is 8.18. The van der Waals surface area contributed by atoms with Crippen molar-refractivity contribution in [1.82, 2.24) is 15.1 Å². The van der Waals surface area contributed by atoms with E-state index in [2.05, 4.69) is 5.32 Å². The molecule has 3 amide bonds. The third-order valence-corrected chi connectivity index (χ3v) is 5.60. The fourth-order valence-electron chi connectivity index (χ4n) is 3.86. The molecule has 9 nitrogen and oxygen atoms in total. The number of carbonyl (C=O) groups is 3. The number of likely N-dealkylation sites (tertiary alicyclic amines) is 2. The van der Waals surface area contributed by atoms with E-state index in [4.69, 9.17) is 0 Å². The Labute approximate surface area is 168 Å². The quantitative estimate of drug-likeness (QED) is 0.548. The number of aromatic hydroxyl groups is 3. The van der Waals surface area contributed by atoms with Crippen LogP contribution in [0.25, 0.3) is 0 Å². The largest absolute Gasteiger partial charge is 0.504 e. The minimum Gasteiger partial charge on any atom is -0.504 e. The van der Waals surface area contributed by atoms with Crippen LogP contribution in [0, 0.1) is 5.92 Å². The fraction of sp³-hybridized carbons (Fsp3) is 0.550. The minimum absolute atomic E-state index is 0.000897. The van der Waals surface area contributed by atoms with Crippen molar-refractivity contribution in [3.63, 3.8) is 0 Å². The van der Waals surface area contributed by atoms with Crippen LogP contribution in [0.15, 0.2) is 12.1 Å². The number of carbonyl (C=O) groups excluding carboxylic acids is 3. The van der Waals surface area contributed by atoms with E-state index in [9.17, 15) is 29.7 Å². The molecule has 0 bridgehead atoms. The molecule has 9 heteroatoms. The Kier molecular flexibility index (Phi) is 5.86.